The predicted molar refractivity (Wildman–Crippen MR) is 79.4 cm³/mol. The molecule has 0 bridgehead atoms. The van der Waals surface area contributed by atoms with Crippen molar-refractivity contribution in [3.8, 4) is 0 Å². The highest BCUT2D eigenvalue weighted by Gasteiger charge is 2.42. The highest BCUT2D eigenvalue weighted by molar-refractivity contribution is 9.08. The maximum absolute atomic E-state index is 11.7. The van der Waals surface area contributed by atoms with Gasteiger partial charge in [-0.05, 0) is 31.5 Å². The van der Waals surface area contributed by atoms with Crippen LogP contribution in [0, 0.1) is 0 Å². The normalized spacial score (nSPS) is 12.9. The van der Waals surface area contributed by atoms with E-state index in [2.05, 4.69) is 20.9 Å². The molecule has 1 heterocycles. The minimum Gasteiger partial charge on any atom is -0.324 e. The molecule has 0 aliphatic heterocycles. The summed E-state index contributed by atoms with van der Waals surface area (Å²) in [6, 6.07) is 9.46. The molecule has 0 unspecified atom stereocenters. The van der Waals surface area contributed by atoms with E-state index in [1.165, 1.54) is 13.8 Å². The summed E-state index contributed by atoms with van der Waals surface area (Å²) in [7, 11) is -4.29. The Morgan fingerprint density at radius 1 is 1.32 bits per heavy atom. The first-order chi connectivity index (χ1) is 8.77. The summed E-state index contributed by atoms with van der Waals surface area (Å²) in [5, 5.41) is 0.159. The predicted octanol–water partition coefficient (Wildman–Crippen LogP) is 3.54. The molecule has 4 nitrogen and oxygen atoms in total. The van der Waals surface area contributed by atoms with E-state index in [4.69, 9.17) is 0 Å². The van der Waals surface area contributed by atoms with Gasteiger partial charge < -0.3 is 9.79 Å². The molecular formula is C13H15BrNO3P. The van der Waals surface area contributed by atoms with Crippen LogP contribution < -0.4 is 0 Å². The number of hydrogen-bond acceptors (Lipinski definition) is 2. The second-order valence-electron chi connectivity index (χ2n) is 4.93. The molecule has 0 saturated heterocycles. The van der Waals surface area contributed by atoms with E-state index in [1.54, 1.807) is 0 Å². The van der Waals surface area contributed by atoms with Crippen molar-refractivity contribution >= 4 is 34.4 Å². The van der Waals surface area contributed by atoms with E-state index in [9.17, 15) is 14.4 Å². The Balaban J connectivity index is 2.75. The Morgan fingerprint density at radius 2 is 1.95 bits per heavy atom. The standard InChI is InChI=1S/C13H15BrNO3P/c1-13(2,19(16,17)18)12-10(8-14)7-9-5-3-4-6-11(9)15-12/h3-7H,8H2,1-2H3,(H2,16,17,18). The Bertz CT molecular complexity index is 666. The van der Waals surface area contributed by atoms with Crippen molar-refractivity contribution < 1.29 is 14.4 Å². The van der Waals surface area contributed by atoms with Crippen molar-refractivity contribution in [2.45, 2.75) is 24.3 Å². The molecule has 6 heteroatoms. The summed E-state index contributed by atoms with van der Waals surface area (Å²) in [6.07, 6.45) is 0. The van der Waals surface area contributed by atoms with E-state index in [1.807, 2.05) is 30.3 Å². The topological polar surface area (TPSA) is 70.4 Å². The third kappa shape index (κ3) is 2.61. The van der Waals surface area contributed by atoms with Gasteiger partial charge in [0.15, 0.2) is 0 Å². The average Bonchev–Trinajstić information content (AvgIpc) is 2.35. The molecule has 0 spiro atoms. The van der Waals surface area contributed by atoms with Gasteiger partial charge in [-0.1, -0.05) is 34.1 Å². The van der Waals surface area contributed by atoms with Crippen LogP contribution in [0.1, 0.15) is 25.1 Å². The van der Waals surface area contributed by atoms with Gasteiger partial charge in [0.05, 0.1) is 11.2 Å². The van der Waals surface area contributed by atoms with Gasteiger partial charge in [0.25, 0.3) is 0 Å². The number of alkyl halides is 1. The quantitative estimate of drug-likeness (QED) is 0.660. The molecule has 2 aromatic rings. The molecule has 1 aromatic carbocycles. The first-order valence-electron chi connectivity index (χ1n) is 5.78. The Kier molecular flexibility index (Phi) is 3.85. The molecule has 0 radical (unpaired) electrons. The zero-order chi connectivity index (χ0) is 14.3. The van der Waals surface area contributed by atoms with Crippen molar-refractivity contribution in [3.05, 3.63) is 41.6 Å². The van der Waals surface area contributed by atoms with Crippen LogP contribution >= 0.6 is 23.5 Å². The molecule has 0 atom stereocenters. The first kappa shape index (κ1) is 14.7. The Hall–Kier alpha value is -0.740. The van der Waals surface area contributed by atoms with Gasteiger partial charge in [-0.15, -0.1) is 0 Å². The smallest absolute Gasteiger partial charge is 0.324 e. The van der Waals surface area contributed by atoms with Gasteiger partial charge in [-0.3, -0.25) is 9.55 Å². The maximum Gasteiger partial charge on any atom is 0.337 e. The minimum absolute atomic E-state index is 0.441. The summed E-state index contributed by atoms with van der Waals surface area (Å²) < 4.78 is 11.7. The molecule has 1 aromatic heterocycles. The van der Waals surface area contributed by atoms with Gasteiger partial charge in [0.2, 0.25) is 0 Å². The molecule has 0 saturated carbocycles. The van der Waals surface area contributed by atoms with Gasteiger partial charge in [0, 0.05) is 10.7 Å². The summed E-state index contributed by atoms with van der Waals surface area (Å²) in [5.74, 6) is 0. The van der Waals surface area contributed by atoms with Gasteiger partial charge in [0.1, 0.15) is 5.16 Å². The number of aromatic nitrogens is 1. The number of halogens is 1. The number of pyridine rings is 1. The number of fused-ring (bicyclic) bond motifs is 1. The molecule has 2 N–H and O–H groups in total. The van der Waals surface area contributed by atoms with Crippen LogP contribution in [0.15, 0.2) is 30.3 Å². The van der Waals surface area contributed by atoms with Crippen LogP contribution in [0.2, 0.25) is 0 Å². The highest BCUT2D eigenvalue weighted by atomic mass is 79.9. The van der Waals surface area contributed by atoms with Crippen LogP contribution in [-0.4, -0.2) is 14.8 Å². The fraction of sp³-hybridized carbons (Fsp3) is 0.308. The third-order valence-corrected chi connectivity index (χ3v) is 5.53. The van der Waals surface area contributed by atoms with Crippen molar-refractivity contribution in [2.24, 2.45) is 0 Å². The summed E-state index contributed by atoms with van der Waals surface area (Å²) in [5.41, 5.74) is 1.98. The second-order valence-corrected chi connectivity index (χ2v) is 7.69. The lowest BCUT2D eigenvalue weighted by Gasteiger charge is -2.27. The zero-order valence-electron chi connectivity index (χ0n) is 10.7. The number of rotatable bonds is 3. The molecule has 0 aliphatic rings. The van der Waals surface area contributed by atoms with E-state index in [0.717, 1.165) is 16.5 Å². The molecular weight excluding hydrogens is 329 g/mol. The van der Waals surface area contributed by atoms with Gasteiger partial charge in [-0.2, -0.15) is 0 Å². The lowest BCUT2D eigenvalue weighted by molar-refractivity contribution is 0.336. The van der Waals surface area contributed by atoms with E-state index in [-0.39, 0.29) is 0 Å². The second kappa shape index (κ2) is 4.98. The lowest BCUT2D eigenvalue weighted by atomic mass is 10.0. The first-order valence-corrected chi connectivity index (χ1v) is 8.51. The zero-order valence-corrected chi connectivity index (χ0v) is 13.1. The van der Waals surface area contributed by atoms with Gasteiger partial charge in [-0.25, -0.2) is 0 Å². The molecule has 19 heavy (non-hydrogen) atoms. The molecule has 0 fully saturated rings. The van der Waals surface area contributed by atoms with Crippen LogP contribution in [-0.2, 0) is 15.1 Å². The van der Waals surface area contributed by atoms with E-state index < -0.39 is 12.8 Å². The summed E-state index contributed by atoms with van der Waals surface area (Å²) in [6.45, 7) is 3.05. The van der Waals surface area contributed by atoms with Crippen LogP contribution in [0.5, 0.6) is 0 Å². The molecule has 2 rings (SSSR count). The van der Waals surface area contributed by atoms with Gasteiger partial charge >= 0.3 is 7.60 Å². The van der Waals surface area contributed by atoms with E-state index >= 15 is 0 Å². The molecule has 0 amide bonds. The fourth-order valence-corrected chi connectivity index (χ4v) is 2.83. The van der Waals surface area contributed by atoms with Crippen LogP contribution in [0.4, 0.5) is 0 Å². The van der Waals surface area contributed by atoms with Crippen molar-refractivity contribution in [1.82, 2.24) is 4.98 Å². The average molecular weight is 344 g/mol. The maximum atomic E-state index is 11.7. The number of benzene rings is 1. The Labute approximate surface area is 120 Å². The van der Waals surface area contributed by atoms with E-state index in [0.29, 0.717) is 11.0 Å². The summed E-state index contributed by atoms with van der Waals surface area (Å²) in [4.78, 5) is 23.6. The monoisotopic (exact) mass is 343 g/mol. The summed E-state index contributed by atoms with van der Waals surface area (Å²) >= 11 is 3.36. The third-order valence-electron chi connectivity index (χ3n) is 3.25. The van der Waals surface area contributed by atoms with Crippen LogP contribution in [0.25, 0.3) is 10.9 Å². The number of hydrogen-bond donors (Lipinski definition) is 2. The Morgan fingerprint density at radius 3 is 2.53 bits per heavy atom. The van der Waals surface area contributed by atoms with Crippen molar-refractivity contribution in [2.75, 3.05) is 0 Å². The number of nitrogens with zero attached hydrogens (tertiary/aromatic N) is 1. The highest BCUT2D eigenvalue weighted by Crippen LogP contribution is 2.56. The SMILES string of the molecule is CC(C)(c1nc2ccccc2cc1CBr)P(=O)(O)O. The molecule has 0 aliphatic carbocycles. The van der Waals surface area contributed by atoms with Crippen molar-refractivity contribution in [1.29, 1.82) is 0 Å². The minimum atomic E-state index is -4.29. The largest absolute Gasteiger partial charge is 0.337 e. The fourth-order valence-electron chi connectivity index (χ4n) is 1.93. The number of para-hydroxylation sites is 1. The van der Waals surface area contributed by atoms with Crippen molar-refractivity contribution in [3.63, 3.8) is 0 Å². The lowest BCUT2D eigenvalue weighted by Crippen LogP contribution is -2.21. The molecule has 102 valence electrons. The van der Waals surface area contributed by atoms with Crippen LogP contribution in [0.3, 0.4) is 0 Å².